The van der Waals surface area contributed by atoms with Gasteiger partial charge in [-0.1, -0.05) is 133 Å². The lowest BCUT2D eigenvalue weighted by molar-refractivity contribution is 0.0585. The molecule has 14 heteroatoms. The number of nitrogens with two attached hydrogens (primary N) is 1. The van der Waals surface area contributed by atoms with Crippen LogP contribution in [0.15, 0.2) is 167 Å². The van der Waals surface area contributed by atoms with Crippen LogP contribution in [-0.2, 0) is 9.47 Å². The second kappa shape index (κ2) is 22.1. The highest BCUT2D eigenvalue weighted by Gasteiger charge is 2.26. The summed E-state index contributed by atoms with van der Waals surface area (Å²) in [6.07, 6.45) is -0.824. The molecule has 3 heterocycles. The van der Waals surface area contributed by atoms with E-state index < -0.39 is 24.1 Å². The second-order valence-electron chi connectivity index (χ2n) is 14.5. The van der Waals surface area contributed by atoms with Gasteiger partial charge in [0.2, 0.25) is 0 Å². The van der Waals surface area contributed by atoms with E-state index in [9.17, 15) is 14.4 Å². The number of aryl methyl sites for hydroxylation is 1. The number of carbonyl (C=O) groups is 3. The largest absolute Gasteiger partial charge is 0.478 e. The minimum Gasteiger partial charge on any atom is -0.478 e. The van der Waals surface area contributed by atoms with Crippen LogP contribution < -0.4 is 15.2 Å². The molecule has 0 saturated heterocycles. The van der Waals surface area contributed by atoms with Crippen LogP contribution in [0, 0.1) is 6.92 Å². The van der Waals surface area contributed by atoms with Crippen molar-refractivity contribution in [1.29, 1.82) is 0 Å². The summed E-state index contributed by atoms with van der Waals surface area (Å²) in [5, 5.41) is 0.921. The summed E-state index contributed by atoms with van der Waals surface area (Å²) in [6, 6.07) is 48.2. The number of pyridine rings is 1. The lowest BCUT2D eigenvalue weighted by atomic mass is 10.0. The molecule has 0 bridgehead atoms. The van der Waals surface area contributed by atoms with Crippen LogP contribution in [0.3, 0.4) is 0 Å². The van der Waals surface area contributed by atoms with Crippen LogP contribution >= 0.6 is 38.6 Å². The minimum absolute atomic E-state index is 0.0596. The number of rotatable bonds is 11. The smallest absolute Gasteiger partial charge is 0.341 e. The Morgan fingerprint density at radius 1 is 0.591 bits per heavy atom. The normalized spacial score (nSPS) is 10.7. The van der Waals surface area contributed by atoms with Gasteiger partial charge in [0, 0.05) is 12.3 Å². The molecule has 11 nitrogen and oxygen atoms in total. The average Bonchev–Trinajstić information content (AvgIpc) is 4.03. The first-order valence-electron chi connectivity index (χ1n) is 20.4. The number of anilines is 1. The van der Waals surface area contributed by atoms with Gasteiger partial charge in [-0.3, -0.25) is 4.79 Å². The van der Waals surface area contributed by atoms with Gasteiger partial charge in [-0.15, -0.1) is 22.7 Å². The third kappa shape index (κ3) is 10.8. The summed E-state index contributed by atoms with van der Waals surface area (Å²) in [5.41, 5.74) is 16.7. The van der Waals surface area contributed by atoms with Gasteiger partial charge in [0.25, 0.3) is 0 Å². The summed E-state index contributed by atoms with van der Waals surface area (Å²) in [4.78, 5) is 49.2. The van der Waals surface area contributed by atoms with Crippen LogP contribution in [0.5, 0.6) is 11.5 Å². The van der Waals surface area contributed by atoms with Crippen molar-refractivity contribution >= 4 is 83.3 Å². The van der Waals surface area contributed by atoms with Gasteiger partial charge in [0.05, 0.1) is 35.6 Å². The number of aromatic nitrogens is 3. The Morgan fingerprint density at radius 2 is 1.06 bits per heavy atom. The fraction of sp³-hybridized carbons (Fsp3) is 0.115. The molecule has 0 aliphatic heterocycles. The number of hydrogen-bond acceptors (Lipinski definition) is 13. The number of methoxy groups -OCH3 is 2. The molecule has 0 amide bonds. The molecule has 0 saturated carbocycles. The molecule has 0 aliphatic carbocycles. The van der Waals surface area contributed by atoms with E-state index >= 15 is 0 Å². The molecule has 0 fully saturated rings. The molecular weight excluding hydrogens is 937 g/mol. The highest BCUT2D eigenvalue weighted by Crippen LogP contribution is 2.39. The first-order valence-corrected chi connectivity index (χ1v) is 23.0. The molecule has 0 aliphatic rings. The maximum Gasteiger partial charge on any atom is 0.341 e. The predicted molar refractivity (Wildman–Crippen MR) is 264 cm³/mol. The molecule has 0 unspecified atom stereocenters. The van der Waals surface area contributed by atoms with Crippen molar-refractivity contribution in [3.63, 3.8) is 0 Å². The Kier molecular flexibility index (Phi) is 15.6. The zero-order valence-corrected chi connectivity index (χ0v) is 39.4. The fourth-order valence-electron chi connectivity index (χ4n) is 7.00. The molecule has 9 aromatic rings. The standard InChI is InChI=1S/C26H20N2O3S.C21H19NO3.C5H4BrNOS/c1-16-19-13-14-20(26(29)30-2)23(21(19)28-25-24(16)32-15-27-25)31-22(17-9-5-3-6-10-17)18-11-7-4-8-12-18;1-24-21(23)17-13-8-14-18(22)20(17)25-19(15-9-4-2-5-10-15)16-11-6-3-7-12-16;1-3(8)4-5(6)7-2-9-4/h3-15,22H,1-2H3;2-14,19H,22H2,1H3;2H,1H3. The van der Waals surface area contributed by atoms with Crippen LogP contribution in [0.2, 0.25) is 0 Å². The zero-order chi connectivity index (χ0) is 46.6. The number of carbonyl (C=O) groups excluding carboxylic acids is 3. The van der Waals surface area contributed by atoms with E-state index in [0.29, 0.717) is 49.0 Å². The van der Waals surface area contributed by atoms with Crippen molar-refractivity contribution in [2.75, 3.05) is 20.0 Å². The van der Waals surface area contributed by atoms with Crippen molar-refractivity contribution in [1.82, 2.24) is 15.0 Å². The number of ether oxygens (including phenoxy) is 4. The number of esters is 2. The van der Waals surface area contributed by atoms with E-state index in [-0.39, 0.29) is 5.78 Å². The molecule has 66 heavy (non-hydrogen) atoms. The van der Waals surface area contributed by atoms with Gasteiger partial charge in [0.15, 0.2) is 22.9 Å². The summed E-state index contributed by atoms with van der Waals surface area (Å²) in [7, 11) is 2.70. The van der Waals surface area contributed by atoms with Gasteiger partial charge in [0.1, 0.15) is 38.3 Å². The van der Waals surface area contributed by atoms with Crippen LogP contribution in [-0.4, -0.2) is 46.9 Å². The SMILES string of the molecule is CC(=O)c1scnc1Br.COC(=O)c1ccc2c(C)c3scnc3nc2c1OC(c1ccccc1)c1ccccc1.COC(=O)c1cccc(N)c1OC(c1ccccc1)c1ccccc1. The molecule has 9 rings (SSSR count). The van der Waals surface area contributed by atoms with Crippen LogP contribution in [0.1, 0.15) is 77.3 Å². The van der Waals surface area contributed by atoms with Gasteiger partial charge in [-0.05, 0) is 68.9 Å². The quantitative estimate of drug-likeness (QED) is 0.0748. The number of halogens is 1. The Labute approximate surface area is 398 Å². The van der Waals surface area contributed by atoms with Gasteiger partial charge in [-0.2, -0.15) is 0 Å². The number of thiazole rings is 2. The van der Waals surface area contributed by atoms with E-state index in [2.05, 4.69) is 25.9 Å². The second-order valence-corrected chi connectivity index (χ2v) is 16.9. The molecule has 3 aromatic heterocycles. The summed E-state index contributed by atoms with van der Waals surface area (Å²) < 4.78 is 24.5. The first-order chi connectivity index (χ1) is 32.1. The molecular formula is C52H43BrN4O7S2. The predicted octanol–water partition coefficient (Wildman–Crippen LogP) is 12.4. The van der Waals surface area contributed by atoms with Crippen molar-refractivity contribution in [2.24, 2.45) is 0 Å². The number of Topliss-reactive ketones (excluding diaryl/α,β-unsaturated/α-hetero) is 1. The Hall–Kier alpha value is -7.26. The molecule has 0 atom stereocenters. The topological polar surface area (TPSA) is 153 Å². The third-order valence-corrected chi connectivity index (χ3v) is 12.9. The molecule has 332 valence electrons. The number of ketones is 1. The van der Waals surface area contributed by atoms with E-state index in [1.807, 2.05) is 134 Å². The van der Waals surface area contributed by atoms with Crippen LogP contribution in [0.4, 0.5) is 5.69 Å². The highest BCUT2D eigenvalue weighted by molar-refractivity contribution is 9.10. The zero-order valence-electron chi connectivity index (χ0n) is 36.2. The fourth-order valence-corrected chi connectivity index (χ4v) is 9.13. The number of nitrogens with zero attached hydrogens (tertiary/aromatic N) is 3. The Balaban J connectivity index is 0.000000169. The Bertz CT molecular complexity index is 3000. The average molecular weight is 980 g/mol. The van der Waals surface area contributed by atoms with E-state index in [1.165, 1.54) is 32.5 Å². The van der Waals surface area contributed by atoms with Crippen LogP contribution in [0.25, 0.3) is 21.3 Å². The third-order valence-electron chi connectivity index (χ3n) is 10.2. The van der Waals surface area contributed by atoms with Gasteiger partial charge < -0.3 is 24.7 Å². The number of benzene rings is 6. The van der Waals surface area contributed by atoms with E-state index in [4.69, 9.17) is 29.7 Å². The molecule has 2 N–H and O–H groups in total. The first kappa shape index (κ1) is 46.7. The van der Waals surface area contributed by atoms with Crippen molar-refractivity contribution < 1.29 is 33.3 Å². The maximum absolute atomic E-state index is 12.7. The summed E-state index contributed by atoms with van der Waals surface area (Å²) >= 11 is 6.05. The highest BCUT2D eigenvalue weighted by atomic mass is 79.9. The summed E-state index contributed by atoms with van der Waals surface area (Å²) in [5.74, 6) is -0.178. The van der Waals surface area contributed by atoms with Crippen molar-refractivity contribution in [3.05, 3.63) is 211 Å². The minimum atomic E-state index is -0.484. The number of fused-ring (bicyclic) bond motifs is 2. The van der Waals surface area contributed by atoms with E-state index in [1.54, 1.807) is 46.6 Å². The molecule has 0 radical (unpaired) electrons. The van der Waals surface area contributed by atoms with Gasteiger partial charge in [-0.25, -0.2) is 24.5 Å². The molecule has 0 spiro atoms. The van der Waals surface area contributed by atoms with Crippen molar-refractivity contribution in [3.8, 4) is 11.5 Å². The lowest BCUT2D eigenvalue weighted by Gasteiger charge is -2.22. The Morgan fingerprint density at radius 3 is 1.50 bits per heavy atom. The number of nitrogen functional groups attached to an aromatic ring is 1. The monoisotopic (exact) mass is 978 g/mol. The number of hydrogen-bond donors (Lipinski definition) is 1. The maximum atomic E-state index is 12.7. The van der Waals surface area contributed by atoms with Gasteiger partial charge >= 0.3 is 11.9 Å². The summed E-state index contributed by atoms with van der Waals surface area (Å²) in [6.45, 7) is 3.57. The van der Waals surface area contributed by atoms with E-state index in [0.717, 1.165) is 37.9 Å². The van der Waals surface area contributed by atoms with Crippen molar-refractivity contribution in [2.45, 2.75) is 26.1 Å². The molecule has 6 aromatic carbocycles. The number of para-hydroxylation sites is 1. The lowest BCUT2D eigenvalue weighted by Crippen LogP contribution is -2.14.